The van der Waals surface area contributed by atoms with E-state index in [4.69, 9.17) is 9.84 Å². The van der Waals surface area contributed by atoms with Gasteiger partial charge < -0.3 is 10.1 Å². The van der Waals surface area contributed by atoms with Gasteiger partial charge in [0.15, 0.2) is 0 Å². The van der Waals surface area contributed by atoms with Crippen LogP contribution in [0.15, 0.2) is 66.7 Å². The molecule has 1 fully saturated rings. The highest BCUT2D eigenvalue weighted by atomic mass is 32.2. The number of hydrogen-bond acceptors (Lipinski definition) is 5. The molecule has 3 aromatic carbocycles. The fourth-order valence-corrected chi connectivity index (χ4v) is 6.95. The van der Waals surface area contributed by atoms with E-state index in [2.05, 4.69) is 5.32 Å². The van der Waals surface area contributed by atoms with E-state index in [0.29, 0.717) is 30.2 Å². The van der Waals surface area contributed by atoms with Crippen LogP contribution in [0.2, 0.25) is 0 Å². The Labute approximate surface area is 253 Å². The standard InChI is InChI=1S/C33H32F2N4O3S/c1-20-10-13-27(21(2)15-20)39-33-30(31(37-39)22-7-4-3-5-8-22)32(25-12-11-23(34)16-26(25)35)43-19-29(41)38(33)18-28(40)36-17-24-9-6-14-42-24/h3-5,7-8,10-13,15-16,24,32H,6,9,14,17-19H2,1-2H3,(H,36,40)/t24-,32-/m0/s1. The number of rotatable bonds is 7. The zero-order valence-corrected chi connectivity index (χ0v) is 24.8. The SMILES string of the molecule is Cc1ccc(-n2nc(-c3ccccc3)c3c2N(CC(=O)NC[C@@H]2CCCO2)C(=O)CS[C@H]3c2ccc(F)cc2F)c(C)c1. The Morgan fingerprint density at radius 3 is 2.63 bits per heavy atom. The van der Waals surface area contributed by atoms with Crippen molar-refractivity contribution in [1.82, 2.24) is 15.1 Å². The van der Waals surface area contributed by atoms with E-state index in [-0.39, 0.29) is 35.8 Å². The van der Waals surface area contributed by atoms with Crippen molar-refractivity contribution in [3.63, 3.8) is 0 Å². The molecule has 10 heteroatoms. The normalized spacial score (nSPS) is 18.4. The van der Waals surface area contributed by atoms with Gasteiger partial charge in [0.05, 0.1) is 28.5 Å². The Bertz CT molecular complexity index is 1670. The molecule has 43 heavy (non-hydrogen) atoms. The third-order valence-corrected chi connectivity index (χ3v) is 9.05. The van der Waals surface area contributed by atoms with Crippen LogP contribution in [0.4, 0.5) is 14.6 Å². The number of aromatic nitrogens is 2. The molecule has 2 amide bonds. The Balaban J connectivity index is 1.55. The molecule has 0 radical (unpaired) electrons. The van der Waals surface area contributed by atoms with Gasteiger partial charge in [0.1, 0.15) is 24.0 Å². The predicted octanol–water partition coefficient (Wildman–Crippen LogP) is 5.90. The highest BCUT2D eigenvalue weighted by molar-refractivity contribution is 8.00. The third-order valence-electron chi connectivity index (χ3n) is 7.81. The summed E-state index contributed by atoms with van der Waals surface area (Å²) in [5.41, 5.74) is 4.85. The first-order valence-electron chi connectivity index (χ1n) is 14.3. The average molecular weight is 603 g/mol. The number of hydrogen-bond donors (Lipinski definition) is 1. The Hall–Kier alpha value is -4.02. The number of nitrogens with one attached hydrogen (secondary N) is 1. The number of aryl methyl sites for hydroxylation is 2. The predicted molar refractivity (Wildman–Crippen MR) is 163 cm³/mol. The summed E-state index contributed by atoms with van der Waals surface area (Å²) in [5, 5.41) is 7.27. The Morgan fingerprint density at radius 2 is 1.91 bits per heavy atom. The fraction of sp³-hybridized carbons (Fsp3) is 0.303. The summed E-state index contributed by atoms with van der Waals surface area (Å²) in [4.78, 5) is 28.6. The number of carbonyl (C=O) groups is 2. The number of thioether (sulfide) groups is 1. The molecule has 222 valence electrons. The van der Waals surface area contributed by atoms with Crippen LogP contribution in [0.5, 0.6) is 0 Å². The minimum Gasteiger partial charge on any atom is -0.376 e. The van der Waals surface area contributed by atoms with Gasteiger partial charge in [-0.3, -0.25) is 14.5 Å². The number of carbonyl (C=O) groups excluding carboxylic acids is 2. The summed E-state index contributed by atoms with van der Waals surface area (Å²) in [6, 6.07) is 18.9. The van der Waals surface area contributed by atoms with Crippen molar-refractivity contribution in [3.05, 3.63) is 101 Å². The molecule has 1 saturated heterocycles. The van der Waals surface area contributed by atoms with E-state index >= 15 is 4.39 Å². The molecule has 0 spiro atoms. The van der Waals surface area contributed by atoms with Crippen LogP contribution in [0.1, 0.15) is 40.3 Å². The van der Waals surface area contributed by atoms with E-state index < -0.39 is 16.9 Å². The number of anilines is 1. The topological polar surface area (TPSA) is 76.5 Å². The van der Waals surface area contributed by atoms with Gasteiger partial charge in [0.2, 0.25) is 11.8 Å². The maximum Gasteiger partial charge on any atom is 0.240 e. The van der Waals surface area contributed by atoms with Crippen LogP contribution in [0, 0.1) is 25.5 Å². The second-order valence-electron chi connectivity index (χ2n) is 10.9. The van der Waals surface area contributed by atoms with Gasteiger partial charge in [-0.2, -0.15) is 5.10 Å². The number of fused-ring (bicyclic) bond motifs is 1. The van der Waals surface area contributed by atoms with Gasteiger partial charge in [-0.1, -0.05) is 54.1 Å². The van der Waals surface area contributed by atoms with E-state index in [1.807, 2.05) is 62.4 Å². The monoisotopic (exact) mass is 602 g/mol. The Morgan fingerprint density at radius 1 is 1.09 bits per heavy atom. The molecular formula is C33H32F2N4O3S. The van der Waals surface area contributed by atoms with Crippen LogP contribution in [-0.4, -0.2) is 53.1 Å². The van der Waals surface area contributed by atoms with Crippen LogP contribution in [-0.2, 0) is 14.3 Å². The first-order chi connectivity index (χ1) is 20.8. The molecule has 6 rings (SSSR count). The van der Waals surface area contributed by atoms with Crippen LogP contribution in [0.25, 0.3) is 16.9 Å². The second-order valence-corrected chi connectivity index (χ2v) is 12.0. The number of benzene rings is 3. The van der Waals surface area contributed by atoms with Gasteiger partial charge in [-0.25, -0.2) is 13.5 Å². The summed E-state index contributed by atoms with van der Waals surface area (Å²) in [6.45, 7) is 4.74. The van der Waals surface area contributed by atoms with Crippen molar-refractivity contribution in [1.29, 1.82) is 0 Å². The van der Waals surface area contributed by atoms with Crippen molar-refractivity contribution >= 4 is 29.4 Å². The summed E-state index contributed by atoms with van der Waals surface area (Å²) >= 11 is 1.24. The molecule has 2 aliphatic rings. The molecule has 2 aliphatic heterocycles. The molecule has 1 N–H and O–H groups in total. The maximum atomic E-state index is 15.4. The fourth-order valence-electron chi connectivity index (χ4n) is 5.73. The highest BCUT2D eigenvalue weighted by Crippen LogP contribution is 2.49. The lowest BCUT2D eigenvalue weighted by Crippen LogP contribution is -2.44. The molecule has 0 aliphatic carbocycles. The number of halogens is 2. The zero-order chi connectivity index (χ0) is 30.1. The minimum atomic E-state index is -0.711. The average Bonchev–Trinajstić information content (AvgIpc) is 3.62. The first-order valence-corrected chi connectivity index (χ1v) is 15.4. The summed E-state index contributed by atoms with van der Waals surface area (Å²) in [7, 11) is 0. The number of amides is 2. The van der Waals surface area contributed by atoms with E-state index in [1.54, 1.807) is 4.68 Å². The van der Waals surface area contributed by atoms with Gasteiger partial charge >= 0.3 is 0 Å². The van der Waals surface area contributed by atoms with Crippen LogP contribution in [0.3, 0.4) is 0 Å². The molecular weight excluding hydrogens is 570 g/mol. The summed E-state index contributed by atoms with van der Waals surface area (Å²) < 4.78 is 36.8. The van der Waals surface area contributed by atoms with Gasteiger partial charge in [0, 0.05) is 35.9 Å². The molecule has 4 aromatic rings. The van der Waals surface area contributed by atoms with Crippen LogP contribution < -0.4 is 10.2 Å². The smallest absolute Gasteiger partial charge is 0.240 e. The van der Waals surface area contributed by atoms with Gasteiger partial charge in [0.25, 0.3) is 0 Å². The first kappa shape index (κ1) is 29.1. The molecule has 1 aromatic heterocycles. The molecule has 0 saturated carbocycles. The van der Waals surface area contributed by atoms with Crippen molar-refractivity contribution in [3.8, 4) is 16.9 Å². The highest BCUT2D eigenvalue weighted by Gasteiger charge is 2.39. The molecule has 0 unspecified atom stereocenters. The third kappa shape index (κ3) is 5.94. The zero-order valence-electron chi connectivity index (χ0n) is 24.0. The van der Waals surface area contributed by atoms with Crippen molar-refractivity contribution in [2.24, 2.45) is 0 Å². The summed E-state index contributed by atoms with van der Waals surface area (Å²) in [5.74, 6) is -1.67. The minimum absolute atomic E-state index is 0.0176. The summed E-state index contributed by atoms with van der Waals surface area (Å²) in [6.07, 6.45) is 1.77. The maximum absolute atomic E-state index is 15.4. The van der Waals surface area contributed by atoms with E-state index in [9.17, 15) is 14.0 Å². The van der Waals surface area contributed by atoms with Crippen molar-refractivity contribution in [2.45, 2.75) is 38.0 Å². The van der Waals surface area contributed by atoms with E-state index in [1.165, 1.54) is 28.8 Å². The quantitative estimate of drug-likeness (QED) is 0.285. The Kier molecular flexibility index (Phi) is 8.32. The van der Waals surface area contributed by atoms with E-state index in [0.717, 1.165) is 41.3 Å². The largest absolute Gasteiger partial charge is 0.376 e. The molecule has 0 bridgehead atoms. The number of ether oxygens (including phenoxy) is 1. The van der Waals surface area contributed by atoms with Gasteiger partial charge in [-0.15, -0.1) is 11.8 Å². The lowest BCUT2D eigenvalue weighted by atomic mass is 9.99. The second kappa shape index (κ2) is 12.3. The lowest BCUT2D eigenvalue weighted by molar-refractivity contribution is -0.123. The van der Waals surface area contributed by atoms with Crippen molar-refractivity contribution in [2.75, 3.05) is 30.3 Å². The van der Waals surface area contributed by atoms with Gasteiger partial charge in [-0.05, 0) is 44.4 Å². The van der Waals surface area contributed by atoms with Crippen molar-refractivity contribution < 1.29 is 23.1 Å². The molecule has 2 atom stereocenters. The number of nitrogens with zero attached hydrogens (tertiary/aromatic N) is 3. The lowest BCUT2D eigenvalue weighted by Gasteiger charge is -2.24. The molecule has 3 heterocycles. The van der Waals surface area contributed by atoms with Crippen LogP contribution >= 0.6 is 11.8 Å². The molecule has 7 nitrogen and oxygen atoms in total.